The van der Waals surface area contributed by atoms with E-state index in [9.17, 15) is 9.59 Å². The Labute approximate surface area is 199 Å². The minimum Gasteiger partial charge on any atom is -0.383 e. The second-order valence-corrected chi connectivity index (χ2v) is 8.65. The Balaban J connectivity index is 2.10. The zero-order valence-electron chi connectivity index (χ0n) is 20.9. The first-order valence-corrected chi connectivity index (χ1v) is 12.2. The van der Waals surface area contributed by atoms with Gasteiger partial charge in [-0.25, -0.2) is 0 Å². The SMILES string of the molecule is CCCCCc1ccc(C(=O)N(CCOC)CC(=O)N(CCCC)Cc2cccn2C)cc1. The highest BCUT2D eigenvalue weighted by molar-refractivity contribution is 5.96. The van der Waals surface area contributed by atoms with Crippen LogP contribution in [0.15, 0.2) is 42.6 Å². The fourth-order valence-corrected chi connectivity index (χ4v) is 3.79. The van der Waals surface area contributed by atoms with E-state index in [1.54, 1.807) is 12.0 Å². The average Bonchev–Trinajstić information content (AvgIpc) is 3.23. The summed E-state index contributed by atoms with van der Waals surface area (Å²) in [7, 11) is 3.59. The molecule has 0 saturated carbocycles. The number of carbonyl (C=O) groups excluding carboxylic acids is 2. The molecule has 0 aliphatic heterocycles. The molecule has 1 aromatic carbocycles. The zero-order valence-corrected chi connectivity index (χ0v) is 20.9. The van der Waals surface area contributed by atoms with Gasteiger partial charge in [-0.3, -0.25) is 9.59 Å². The van der Waals surface area contributed by atoms with Crippen molar-refractivity contribution in [3.63, 3.8) is 0 Å². The summed E-state index contributed by atoms with van der Waals surface area (Å²) < 4.78 is 7.25. The summed E-state index contributed by atoms with van der Waals surface area (Å²) in [5.74, 6) is -0.167. The van der Waals surface area contributed by atoms with Crippen LogP contribution >= 0.6 is 0 Å². The minimum atomic E-state index is -0.130. The first-order valence-electron chi connectivity index (χ1n) is 12.2. The van der Waals surface area contributed by atoms with Crippen LogP contribution in [0, 0.1) is 0 Å². The molecule has 1 aromatic heterocycles. The number of unbranched alkanes of at least 4 members (excludes halogenated alkanes) is 3. The molecule has 0 aliphatic rings. The predicted molar refractivity (Wildman–Crippen MR) is 133 cm³/mol. The largest absolute Gasteiger partial charge is 0.383 e. The van der Waals surface area contributed by atoms with Gasteiger partial charge < -0.3 is 19.1 Å². The molecule has 0 aliphatic carbocycles. The van der Waals surface area contributed by atoms with Gasteiger partial charge in [-0.05, 0) is 49.1 Å². The average molecular weight is 456 g/mol. The van der Waals surface area contributed by atoms with Crippen molar-refractivity contribution >= 4 is 11.8 Å². The number of hydrogen-bond donors (Lipinski definition) is 0. The van der Waals surface area contributed by atoms with Crippen molar-refractivity contribution in [2.45, 2.75) is 58.9 Å². The Morgan fingerprint density at radius 2 is 1.67 bits per heavy atom. The summed E-state index contributed by atoms with van der Waals surface area (Å²) >= 11 is 0. The molecular formula is C27H41N3O3. The maximum atomic E-state index is 13.3. The summed E-state index contributed by atoms with van der Waals surface area (Å²) in [4.78, 5) is 30.0. The summed E-state index contributed by atoms with van der Waals surface area (Å²) in [6, 6.07) is 11.8. The molecule has 2 rings (SSSR count). The predicted octanol–water partition coefficient (Wildman–Crippen LogP) is 4.68. The summed E-state index contributed by atoms with van der Waals surface area (Å²) in [5, 5.41) is 0. The molecule has 33 heavy (non-hydrogen) atoms. The summed E-state index contributed by atoms with van der Waals surface area (Å²) in [5.41, 5.74) is 2.93. The molecule has 2 aromatic rings. The van der Waals surface area contributed by atoms with E-state index in [0.717, 1.165) is 31.4 Å². The molecule has 0 fully saturated rings. The van der Waals surface area contributed by atoms with Gasteiger partial charge in [-0.15, -0.1) is 0 Å². The molecule has 0 radical (unpaired) electrons. The molecule has 182 valence electrons. The number of hydrogen-bond acceptors (Lipinski definition) is 3. The number of ether oxygens (including phenoxy) is 1. The van der Waals surface area contributed by atoms with Crippen LogP contribution < -0.4 is 0 Å². The molecule has 0 bridgehead atoms. The molecular weight excluding hydrogens is 414 g/mol. The lowest BCUT2D eigenvalue weighted by Gasteiger charge is -2.28. The number of carbonyl (C=O) groups is 2. The van der Waals surface area contributed by atoms with E-state index in [4.69, 9.17) is 4.74 Å². The number of aryl methyl sites for hydroxylation is 2. The van der Waals surface area contributed by atoms with Crippen LogP contribution in [-0.4, -0.2) is 59.5 Å². The van der Waals surface area contributed by atoms with Crippen LogP contribution in [0.3, 0.4) is 0 Å². The highest BCUT2D eigenvalue weighted by Crippen LogP contribution is 2.13. The Morgan fingerprint density at radius 1 is 0.939 bits per heavy atom. The lowest BCUT2D eigenvalue weighted by Crippen LogP contribution is -2.44. The standard InChI is InChI=1S/C27H41N3O3/c1-5-7-9-11-23-13-15-24(16-14-23)27(32)30(19-20-33-4)22-26(31)29(18-8-6-2)21-25-12-10-17-28(25)3/h10,12-17H,5-9,11,18-22H2,1-4H3. The Kier molecular flexibility index (Phi) is 11.7. The normalized spacial score (nSPS) is 10.9. The maximum absolute atomic E-state index is 13.3. The Bertz CT molecular complexity index is 845. The number of amides is 2. The van der Waals surface area contributed by atoms with E-state index in [1.807, 2.05) is 59.1 Å². The van der Waals surface area contributed by atoms with Crippen LogP contribution in [0.4, 0.5) is 0 Å². The third kappa shape index (κ3) is 8.69. The van der Waals surface area contributed by atoms with E-state index in [0.29, 0.717) is 31.8 Å². The van der Waals surface area contributed by atoms with Crippen molar-refractivity contribution in [1.82, 2.24) is 14.4 Å². The quantitative estimate of drug-likeness (QED) is 0.367. The van der Waals surface area contributed by atoms with Crippen LogP contribution in [-0.2, 0) is 29.5 Å². The molecule has 0 N–H and O–H groups in total. The fourth-order valence-electron chi connectivity index (χ4n) is 3.79. The van der Waals surface area contributed by atoms with Gasteiger partial charge >= 0.3 is 0 Å². The molecule has 1 heterocycles. The lowest BCUT2D eigenvalue weighted by atomic mass is 10.0. The van der Waals surface area contributed by atoms with Gasteiger partial charge in [0.2, 0.25) is 5.91 Å². The van der Waals surface area contributed by atoms with E-state index >= 15 is 0 Å². The van der Waals surface area contributed by atoms with Crippen molar-refractivity contribution < 1.29 is 14.3 Å². The van der Waals surface area contributed by atoms with Gasteiger partial charge in [0.05, 0.1) is 13.2 Å². The van der Waals surface area contributed by atoms with E-state index in [2.05, 4.69) is 13.8 Å². The van der Waals surface area contributed by atoms with Crippen LogP contribution in [0.5, 0.6) is 0 Å². The number of rotatable bonds is 15. The number of aromatic nitrogens is 1. The van der Waals surface area contributed by atoms with E-state index in [1.165, 1.54) is 18.4 Å². The maximum Gasteiger partial charge on any atom is 0.254 e. The lowest BCUT2D eigenvalue weighted by molar-refractivity contribution is -0.132. The van der Waals surface area contributed by atoms with E-state index < -0.39 is 0 Å². The monoisotopic (exact) mass is 455 g/mol. The fraction of sp³-hybridized carbons (Fsp3) is 0.556. The van der Waals surface area contributed by atoms with Gasteiger partial charge in [0.15, 0.2) is 0 Å². The van der Waals surface area contributed by atoms with Gasteiger partial charge in [0, 0.05) is 44.7 Å². The van der Waals surface area contributed by atoms with Gasteiger partial charge in [0.1, 0.15) is 6.54 Å². The Morgan fingerprint density at radius 3 is 2.27 bits per heavy atom. The van der Waals surface area contributed by atoms with Crippen molar-refractivity contribution in [1.29, 1.82) is 0 Å². The van der Waals surface area contributed by atoms with Gasteiger partial charge in [-0.1, -0.05) is 45.2 Å². The highest BCUT2D eigenvalue weighted by Gasteiger charge is 2.23. The number of nitrogens with zero attached hydrogens (tertiary/aromatic N) is 3. The van der Waals surface area contributed by atoms with Crippen molar-refractivity contribution in [2.24, 2.45) is 7.05 Å². The smallest absolute Gasteiger partial charge is 0.254 e. The van der Waals surface area contributed by atoms with Crippen LogP contribution in [0.2, 0.25) is 0 Å². The van der Waals surface area contributed by atoms with Gasteiger partial charge in [-0.2, -0.15) is 0 Å². The number of methoxy groups -OCH3 is 1. The first-order chi connectivity index (χ1) is 16.0. The zero-order chi connectivity index (χ0) is 24.1. The third-order valence-electron chi connectivity index (χ3n) is 5.99. The van der Waals surface area contributed by atoms with Gasteiger partial charge in [0.25, 0.3) is 5.91 Å². The van der Waals surface area contributed by atoms with Crippen molar-refractivity contribution in [3.05, 3.63) is 59.4 Å². The van der Waals surface area contributed by atoms with Crippen molar-refractivity contribution in [3.8, 4) is 0 Å². The molecule has 2 amide bonds. The Hall–Kier alpha value is -2.60. The van der Waals surface area contributed by atoms with Crippen LogP contribution in [0.1, 0.15) is 67.6 Å². The topological polar surface area (TPSA) is 54.8 Å². The van der Waals surface area contributed by atoms with Crippen molar-refractivity contribution in [2.75, 3.05) is 33.4 Å². The molecule has 0 spiro atoms. The summed E-state index contributed by atoms with van der Waals surface area (Å²) in [6.45, 7) is 6.35. The second kappa shape index (κ2) is 14.5. The molecule has 6 heteroatoms. The van der Waals surface area contributed by atoms with Crippen LogP contribution in [0.25, 0.3) is 0 Å². The summed E-state index contributed by atoms with van der Waals surface area (Å²) in [6.07, 6.45) is 8.52. The minimum absolute atomic E-state index is 0.0368. The molecule has 0 saturated heterocycles. The first kappa shape index (κ1) is 26.7. The molecule has 0 unspecified atom stereocenters. The second-order valence-electron chi connectivity index (χ2n) is 8.65. The molecule has 0 atom stereocenters. The molecule has 6 nitrogen and oxygen atoms in total. The van der Waals surface area contributed by atoms with E-state index in [-0.39, 0.29) is 18.4 Å². The highest BCUT2D eigenvalue weighted by atomic mass is 16.5. The third-order valence-corrected chi connectivity index (χ3v) is 5.99. The number of benzene rings is 1.